The molecule has 0 aromatic carbocycles. The molecule has 1 aliphatic carbocycles. The Morgan fingerprint density at radius 2 is 2.09 bits per heavy atom. The SMILES string of the molecule is CNC1CCCN(C(=O)c2[nH]c3c(c2C)C(=O)CCC3)C1.Cl. The first-order valence-electron chi connectivity index (χ1n) is 7.83. The Kier molecular flexibility index (Phi) is 5.29. The fourth-order valence-corrected chi connectivity index (χ4v) is 3.54. The van der Waals surface area contributed by atoms with E-state index in [0.29, 0.717) is 18.2 Å². The maximum atomic E-state index is 12.8. The van der Waals surface area contributed by atoms with Crippen LogP contribution in [-0.2, 0) is 6.42 Å². The molecule has 2 N–H and O–H groups in total. The molecule has 1 unspecified atom stereocenters. The summed E-state index contributed by atoms with van der Waals surface area (Å²) in [5, 5.41) is 3.25. The number of amides is 1. The number of hydrogen-bond donors (Lipinski definition) is 2. The van der Waals surface area contributed by atoms with Gasteiger partial charge in [0.2, 0.25) is 0 Å². The minimum atomic E-state index is 0. The lowest BCUT2D eigenvalue weighted by Crippen LogP contribution is -2.47. The van der Waals surface area contributed by atoms with Crippen LogP contribution in [0.1, 0.15) is 57.8 Å². The zero-order valence-corrected chi connectivity index (χ0v) is 14.0. The summed E-state index contributed by atoms with van der Waals surface area (Å²) in [6, 6.07) is 0.370. The number of rotatable bonds is 2. The molecular weight excluding hydrogens is 302 g/mol. The Bertz CT molecular complexity index is 582. The molecule has 0 spiro atoms. The van der Waals surface area contributed by atoms with Gasteiger partial charge in [-0.1, -0.05) is 0 Å². The summed E-state index contributed by atoms with van der Waals surface area (Å²) < 4.78 is 0. The maximum absolute atomic E-state index is 12.8. The van der Waals surface area contributed by atoms with Gasteiger partial charge >= 0.3 is 0 Å². The minimum Gasteiger partial charge on any atom is -0.354 e. The van der Waals surface area contributed by atoms with Crippen molar-refractivity contribution >= 4 is 24.1 Å². The van der Waals surface area contributed by atoms with Crippen LogP contribution < -0.4 is 5.32 Å². The highest BCUT2D eigenvalue weighted by atomic mass is 35.5. The number of aryl methyl sites for hydroxylation is 1. The van der Waals surface area contributed by atoms with Gasteiger partial charge in [0.25, 0.3) is 5.91 Å². The number of aromatic amines is 1. The number of likely N-dealkylation sites (N-methyl/N-ethyl adjacent to an activating group) is 1. The Morgan fingerprint density at radius 3 is 2.77 bits per heavy atom. The normalized spacial score (nSPS) is 21.3. The third kappa shape index (κ3) is 2.92. The van der Waals surface area contributed by atoms with Crippen LogP contribution in [0.2, 0.25) is 0 Å². The predicted octanol–water partition coefficient (Wildman–Crippen LogP) is 2.09. The van der Waals surface area contributed by atoms with Gasteiger partial charge < -0.3 is 15.2 Å². The van der Waals surface area contributed by atoms with Crippen molar-refractivity contribution < 1.29 is 9.59 Å². The summed E-state index contributed by atoms with van der Waals surface area (Å²) >= 11 is 0. The summed E-state index contributed by atoms with van der Waals surface area (Å²) in [4.78, 5) is 30.0. The van der Waals surface area contributed by atoms with Crippen molar-refractivity contribution in [3.63, 3.8) is 0 Å². The molecule has 1 aromatic rings. The molecule has 122 valence electrons. The van der Waals surface area contributed by atoms with Crippen molar-refractivity contribution in [1.82, 2.24) is 15.2 Å². The molecule has 22 heavy (non-hydrogen) atoms. The number of carbonyl (C=O) groups is 2. The second-order valence-corrected chi connectivity index (χ2v) is 6.13. The van der Waals surface area contributed by atoms with E-state index in [4.69, 9.17) is 0 Å². The largest absolute Gasteiger partial charge is 0.354 e. The number of hydrogen-bond acceptors (Lipinski definition) is 3. The highest BCUT2D eigenvalue weighted by Crippen LogP contribution is 2.27. The number of carbonyl (C=O) groups excluding carboxylic acids is 2. The minimum absolute atomic E-state index is 0. The number of piperidine rings is 1. The van der Waals surface area contributed by atoms with E-state index in [1.807, 2.05) is 18.9 Å². The van der Waals surface area contributed by atoms with E-state index in [2.05, 4.69) is 10.3 Å². The average molecular weight is 326 g/mol. The summed E-state index contributed by atoms with van der Waals surface area (Å²) in [5.74, 6) is 0.213. The van der Waals surface area contributed by atoms with E-state index in [0.717, 1.165) is 55.6 Å². The fraction of sp³-hybridized carbons (Fsp3) is 0.625. The van der Waals surface area contributed by atoms with Crippen LogP contribution >= 0.6 is 12.4 Å². The smallest absolute Gasteiger partial charge is 0.270 e. The summed E-state index contributed by atoms with van der Waals surface area (Å²) in [6.07, 6.45) is 4.48. The second kappa shape index (κ2) is 6.84. The molecule has 3 rings (SSSR count). The van der Waals surface area contributed by atoms with E-state index < -0.39 is 0 Å². The Labute approximate surface area is 137 Å². The predicted molar refractivity (Wildman–Crippen MR) is 88.0 cm³/mol. The monoisotopic (exact) mass is 325 g/mol. The molecule has 0 saturated carbocycles. The van der Waals surface area contributed by atoms with Crippen molar-refractivity contribution in [3.05, 3.63) is 22.5 Å². The lowest BCUT2D eigenvalue weighted by atomic mass is 9.93. The number of ketones is 1. The lowest BCUT2D eigenvalue weighted by molar-refractivity contribution is 0.0692. The topological polar surface area (TPSA) is 65.2 Å². The fourth-order valence-electron chi connectivity index (χ4n) is 3.54. The first kappa shape index (κ1) is 17.0. The zero-order valence-electron chi connectivity index (χ0n) is 13.2. The van der Waals surface area contributed by atoms with Gasteiger partial charge in [-0.3, -0.25) is 9.59 Å². The Hall–Kier alpha value is -1.33. The molecule has 2 heterocycles. The number of H-pyrrole nitrogens is 1. The van der Waals surface area contributed by atoms with E-state index in [1.165, 1.54) is 0 Å². The molecule has 1 fully saturated rings. The van der Waals surface area contributed by atoms with E-state index in [1.54, 1.807) is 0 Å². The van der Waals surface area contributed by atoms with Crippen molar-refractivity contribution in [2.75, 3.05) is 20.1 Å². The summed E-state index contributed by atoms with van der Waals surface area (Å²) in [7, 11) is 1.94. The van der Waals surface area contributed by atoms with E-state index in [-0.39, 0.29) is 24.1 Å². The van der Waals surface area contributed by atoms with Crippen LogP contribution in [0, 0.1) is 6.92 Å². The number of nitrogens with zero attached hydrogens (tertiary/aromatic N) is 1. The molecule has 6 heteroatoms. The molecule has 1 saturated heterocycles. The number of likely N-dealkylation sites (tertiary alicyclic amines) is 1. The molecule has 1 aliphatic heterocycles. The molecule has 5 nitrogen and oxygen atoms in total. The van der Waals surface area contributed by atoms with Crippen molar-refractivity contribution in [2.45, 2.75) is 45.1 Å². The second-order valence-electron chi connectivity index (χ2n) is 6.13. The van der Waals surface area contributed by atoms with Crippen LogP contribution in [0.5, 0.6) is 0 Å². The van der Waals surface area contributed by atoms with Crippen LogP contribution in [0.25, 0.3) is 0 Å². The van der Waals surface area contributed by atoms with Gasteiger partial charge in [0.05, 0.1) is 0 Å². The third-order valence-electron chi connectivity index (χ3n) is 4.77. The van der Waals surface area contributed by atoms with Gasteiger partial charge in [-0.25, -0.2) is 0 Å². The summed E-state index contributed by atoms with van der Waals surface area (Å²) in [6.45, 7) is 3.44. The van der Waals surface area contributed by atoms with Crippen LogP contribution in [0.4, 0.5) is 0 Å². The molecule has 0 radical (unpaired) electrons. The molecule has 0 bridgehead atoms. The first-order chi connectivity index (χ1) is 10.1. The molecule has 2 aliphatic rings. The van der Waals surface area contributed by atoms with Gasteiger partial charge in [-0.05, 0) is 45.2 Å². The van der Waals surface area contributed by atoms with Crippen LogP contribution in [-0.4, -0.2) is 47.8 Å². The van der Waals surface area contributed by atoms with E-state index in [9.17, 15) is 9.59 Å². The highest BCUT2D eigenvalue weighted by Gasteiger charge is 2.30. The number of fused-ring (bicyclic) bond motifs is 1. The average Bonchev–Trinajstić information content (AvgIpc) is 2.85. The van der Waals surface area contributed by atoms with Crippen LogP contribution in [0.3, 0.4) is 0 Å². The van der Waals surface area contributed by atoms with E-state index >= 15 is 0 Å². The number of aromatic nitrogens is 1. The van der Waals surface area contributed by atoms with Crippen LogP contribution in [0.15, 0.2) is 0 Å². The molecule has 1 aromatic heterocycles. The maximum Gasteiger partial charge on any atom is 0.270 e. The van der Waals surface area contributed by atoms with Crippen molar-refractivity contribution in [3.8, 4) is 0 Å². The van der Waals surface area contributed by atoms with Crippen molar-refractivity contribution in [1.29, 1.82) is 0 Å². The summed E-state index contributed by atoms with van der Waals surface area (Å²) in [5.41, 5.74) is 3.18. The standard InChI is InChI=1S/C16H23N3O2.ClH/c1-10-14-12(6-3-7-13(14)20)18-15(10)16(21)19-8-4-5-11(9-19)17-2;/h11,17-18H,3-9H2,1-2H3;1H. The quantitative estimate of drug-likeness (QED) is 0.875. The Morgan fingerprint density at radius 1 is 1.32 bits per heavy atom. The number of halogens is 1. The van der Waals surface area contributed by atoms with Gasteiger partial charge in [0.1, 0.15) is 5.69 Å². The van der Waals surface area contributed by atoms with Gasteiger partial charge in [0.15, 0.2) is 5.78 Å². The molecule has 1 amide bonds. The lowest BCUT2D eigenvalue weighted by Gasteiger charge is -2.32. The zero-order chi connectivity index (χ0) is 15.0. The van der Waals surface area contributed by atoms with Crippen molar-refractivity contribution in [2.24, 2.45) is 0 Å². The number of nitrogens with one attached hydrogen (secondary N) is 2. The molecule has 1 atom stereocenters. The van der Waals surface area contributed by atoms with Gasteiger partial charge in [-0.15, -0.1) is 12.4 Å². The Balaban J connectivity index is 0.00000176. The number of Topliss-reactive ketones (excluding diaryl/α,β-unsaturated/α-hetero) is 1. The third-order valence-corrected chi connectivity index (χ3v) is 4.77. The molecular formula is C16H24ClN3O2. The highest BCUT2D eigenvalue weighted by molar-refractivity contribution is 6.04. The first-order valence-corrected chi connectivity index (χ1v) is 7.83. The van der Waals surface area contributed by atoms with Gasteiger partial charge in [0, 0.05) is 36.8 Å². The van der Waals surface area contributed by atoms with Gasteiger partial charge in [-0.2, -0.15) is 0 Å².